The first-order chi connectivity index (χ1) is 9.61. The van der Waals surface area contributed by atoms with E-state index in [0.717, 1.165) is 5.56 Å². The van der Waals surface area contributed by atoms with Crippen LogP contribution in [0.25, 0.3) is 0 Å². The third-order valence-electron chi connectivity index (χ3n) is 2.95. The predicted molar refractivity (Wildman–Crippen MR) is 75.4 cm³/mol. The summed E-state index contributed by atoms with van der Waals surface area (Å²) in [6.07, 6.45) is 1.62. The summed E-state index contributed by atoms with van der Waals surface area (Å²) in [5.74, 6) is -0.552. The van der Waals surface area contributed by atoms with Crippen molar-refractivity contribution in [2.45, 2.75) is 13.5 Å². The largest absolute Gasteiger partial charge is 0.464 e. The second kappa shape index (κ2) is 6.06. The Kier molecular flexibility index (Phi) is 4.20. The van der Waals surface area contributed by atoms with E-state index in [2.05, 4.69) is 9.72 Å². The maximum Gasteiger partial charge on any atom is 0.354 e. The summed E-state index contributed by atoms with van der Waals surface area (Å²) < 4.78 is 4.63. The van der Waals surface area contributed by atoms with E-state index >= 15 is 0 Å². The predicted octanol–water partition coefficient (Wildman–Crippen LogP) is 2.35. The van der Waals surface area contributed by atoms with Crippen LogP contribution in [0, 0.1) is 0 Å². The van der Waals surface area contributed by atoms with Gasteiger partial charge in [-0.1, -0.05) is 30.3 Å². The Labute approximate surface area is 117 Å². The number of hydrogen-bond acceptors (Lipinski definition) is 3. The van der Waals surface area contributed by atoms with Gasteiger partial charge >= 0.3 is 5.97 Å². The van der Waals surface area contributed by atoms with Crippen LogP contribution in [0.2, 0.25) is 0 Å². The van der Waals surface area contributed by atoms with E-state index in [1.807, 2.05) is 30.3 Å². The van der Waals surface area contributed by atoms with Crippen LogP contribution in [-0.4, -0.2) is 24.0 Å². The topological polar surface area (TPSA) is 62.4 Å². The SMILES string of the molecule is COC(=O)c1cc(N(Cc2ccccc2)C(C)=O)c[nH]1. The van der Waals surface area contributed by atoms with Gasteiger partial charge in [0, 0.05) is 13.1 Å². The third-order valence-corrected chi connectivity index (χ3v) is 2.95. The molecule has 104 valence electrons. The van der Waals surface area contributed by atoms with Gasteiger partial charge in [0.15, 0.2) is 0 Å². The summed E-state index contributed by atoms with van der Waals surface area (Å²) in [4.78, 5) is 27.6. The van der Waals surface area contributed by atoms with Crippen LogP contribution in [0.5, 0.6) is 0 Å². The number of amides is 1. The van der Waals surface area contributed by atoms with Crippen molar-refractivity contribution in [2.24, 2.45) is 0 Å². The number of aromatic nitrogens is 1. The molecule has 0 fully saturated rings. The molecule has 1 aromatic heterocycles. The number of anilines is 1. The van der Waals surface area contributed by atoms with E-state index < -0.39 is 5.97 Å². The van der Waals surface area contributed by atoms with E-state index in [-0.39, 0.29) is 5.91 Å². The normalized spacial score (nSPS) is 10.1. The number of nitrogens with zero attached hydrogens (tertiary/aromatic N) is 1. The molecule has 0 spiro atoms. The quantitative estimate of drug-likeness (QED) is 0.869. The zero-order chi connectivity index (χ0) is 14.5. The lowest BCUT2D eigenvalue weighted by Crippen LogP contribution is -2.27. The van der Waals surface area contributed by atoms with Crippen LogP contribution in [0.1, 0.15) is 23.0 Å². The number of carbonyl (C=O) groups excluding carboxylic acids is 2. The van der Waals surface area contributed by atoms with Crippen molar-refractivity contribution in [3.63, 3.8) is 0 Å². The number of H-pyrrole nitrogens is 1. The molecule has 1 amide bonds. The summed E-state index contributed by atoms with van der Waals surface area (Å²) in [7, 11) is 1.32. The highest BCUT2D eigenvalue weighted by atomic mass is 16.5. The molecule has 5 nitrogen and oxygen atoms in total. The van der Waals surface area contributed by atoms with Gasteiger partial charge in [0.25, 0.3) is 0 Å². The van der Waals surface area contributed by atoms with Crippen LogP contribution in [0.15, 0.2) is 42.6 Å². The fourth-order valence-electron chi connectivity index (χ4n) is 1.92. The molecule has 1 aromatic carbocycles. The number of rotatable bonds is 4. The molecule has 0 saturated heterocycles. The zero-order valence-corrected chi connectivity index (χ0v) is 11.4. The number of carbonyl (C=O) groups is 2. The first kappa shape index (κ1) is 13.9. The van der Waals surface area contributed by atoms with Gasteiger partial charge in [-0.2, -0.15) is 0 Å². The number of benzene rings is 1. The van der Waals surface area contributed by atoms with E-state index in [0.29, 0.717) is 17.9 Å². The van der Waals surface area contributed by atoms with E-state index in [4.69, 9.17) is 0 Å². The van der Waals surface area contributed by atoms with Crippen molar-refractivity contribution in [3.05, 3.63) is 53.9 Å². The smallest absolute Gasteiger partial charge is 0.354 e. The molecule has 0 bridgehead atoms. The Bertz CT molecular complexity index is 605. The molecule has 0 atom stereocenters. The Hall–Kier alpha value is -2.56. The van der Waals surface area contributed by atoms with Crippen molar-refractivity contribution >= 4 is 17.6 Å². The average Bonchev–Trinajstić information content (AvgIpc) is 2.94. The van der Waals surface area contributed by atoms with Gasteiger partial charge in [-0.3, -0.25) is 4.79 Å². The molecule has 20 heavy (non-hydrogen) atoms. The summed E-state index contributed by atoms with van der Waals surface area (Å²) in [5.41, 5.74) is 1.98. The maximum absolute atomic E-state index is 11.8. The van der Waals surface area contributed by atoms with Gasteiger partial charge in [0.05, 0.1) is 19.3 Å². The van der Waals surface area contributed by atoms with E-state index in [1.165, 1.54) is 14.0 Å². The van der Waals surface area contributed by atoms with Crippen molar-refractivity contribution in [1.82, 2.24) is 4.98 Å². The maximum atomic E-state index is 11.8. The molecule has 0 aliphatic heterocycles. The first-order valence-corrected chi connectivity index (χ1v) is 6.20. The highest BCUT2D eigenvalue weighted by Gasteiger charge is 2.16. The van der Waals surface area contributed by atoms with Gasteiger partial charge in [0.2, 0.25) is 5.91 Å². The number of ether oxygens (including phenoxy) is 1. The third kappa shape index (κ3) is 3.06. The number of esters is 1. The number of hydrogen-bond donors (Lipinski definition) is 1. The Morgan fingerprint density at radius 3 is 2.55 bits per heavy atom. The molecule has 0 saturated carbocycles. The second-order valence-electron chi connectivity index (χ2n) is 4.35. The molecular formula is C15H16N2O3. The van der Waals surface area contributed by atoms with Gasteiger partial charge in [0.1, 0.15) is 5.69 Å². The highest BCUT2D eigenvalue weighted by molar-refractivity contribution is 5.94. The second-order valence-corrected chi connectivity index (χ2v) is 4.35. The lowest BCUT2D eigenvalue weighted by atomic mass is 10.2. The summed E-state index contributed by atoms with van der Waals surface area (Å²) in [6.45, 7) is 1.95. The van der Waals surface area contributed by atoms with Gasteiger partial charge in [-0.05, 0) is 11.6 Å². The first-order valence-electron chi connectivity index (χ1n) is 6.20. The van der Waals surface area contributed by atoms with Crippen molar-refractivity contribution in [1.29, 1.82) is 0 Å². The molecule has 0 unspecified atom stereocenters. The lowest BCUT2D eigenvalue weighted by molar-refractivity contribution is -0.116. The molecular weight excluding hydrogens is 256 g/mol. The monoisotopic (exact) mass is 272 g/mol. The molecule has 2 aromatic rings. The summed E-state index contributed by atoms with van der Waals surface area (Å²) >= 11 is 0. The van der Waals surface area contributed by atoms with Crippen molar-refractivity contribution in [3.8, 4) is 0 Å². The van der Waals surface area contributed by atoms with Gasteiger partial charge in [-0.15, -0.1) is 0 Å². The lowest BCUT2D eigenvalue weighted by Gasteiger charge is -2.19. The number of methoxy groups -OCH3 is 1. The van der Waals surface area contributed by atoms with Gasteiger partial charge in [-0.25, -0.2) is 4.79 Å². The van der Waals surface area contributed by atoms with Crippen molar-refractivity contribution in [2.75, 3.05) is 12.0 Å². The van der Waals surface area contributed by atoms with Crippen LogP contribution >= 0.6 is 0 Å². The molecule has 0 radical (unpaired) electrons. The number of nitrogens with one attached hydrogen (secondary N) is 1. The fourth-order valence-corrected chi connectivity index (χ4v) is 1.92. The fraction of sp³-hybridized carbons (Fsp3) is 0.200. The average molecular weight is 272 g/mol. The minimum atomic E-state index is -0.459. The Morgan fingerprint density at radius 1 is 1.25 bits per heavy atom. The molecule has 1 N–H and O–H groups in total. The molecule has 2 rings (SSSR count). The van der Waals surface area contributed by atoms with Crippen LogP contribution in [-0.2, 0) is 16.1 Å². The minimum absolute atomic E-state index is 0.0933. The minimum Gasteiger partial charge on any atom is -0.464 e. The Morgan fingerprint density at radius 2 is 1.95 bits per heavy atom. The van der Waals surface area contributed by atoms with Crippen LogP contribution < -0.4 is 4.90 Å². The van der Waals surface area contributed by atoms with Crippen LogP contribution in [0.4, 0.5) is 5.69 Å². The molecule has 0 aliphatic carbocycles. The van der Waals surface area contributed by atoms with E-state index in [1.54, 1.807) is 17.2 Å². The molecule has 0 aliphatic rings. The highest BCUT2D eigenvalue weighted by Crippen LogP contribution is 2.19. The van der Waals surface area contributed by atoms with Crippen LogP contribution in [0.3, 0.4) is 0 Å². The number of aromatic amines is 1. The summed E-state index contributed by atoms with van der Waals surface area (Å²) in [5, 5.41) is 0. The Balaban J connectivity index is 2.23. The van der Waals surface area contributed by atoms with E-state index in [9.17, 15) is 9.59 Å². The standard InChI is InChI=1S/C15H16N2O3/c1-11(18)17(10-12-6-4-3-5-7-12)13-8-14(16-9-13)15(19)20-2/h3-9,16H,10H2,1-2H3. The zero-order valence-electron chi connectivity index (χ0n) is 11.4. The van der Waals surface area contributed by atoms with Crippen molar-refractivity contribution < 1.29 is 14.3 Å². The summed E-state index contributed by atoms with van der Waals surface area (Å²) in [6, 6.07) is 11.3. The van der Waals surface area contributed by atoms with Gasteiger partial charge < -0.3 is 14.6 Å². The molecule has 1 heterocycles. The molecule has 5 heteroatoms.